The van der Waals surface area contributed by atoms with E-state index >= 15 is 0 Å². The normalized spacial score (nSPS) is 20.3. The third-order valence-electron chi connectivity index (χ3n) is 5.70. The summed E-state index contributed by atoms with van der Waals surface area (Å²) < 4.78 is 14.0. The van der Waals surface area contributed by atoms with Crippen molar-refractivity contribution in [3.05, 3.63) is 95.8 Å². The molecular weight excluding hydrogens is 379 g/mol. The molecule has 1 saturated heterocycles. The summed E-state index contributed by atoms with van der Waals surface area (Å²) in [5, 5.41) is 19.6. The van der Waals surface area contributed by atoms with Crippen LogP contribution in [0.1, 0.15) is 17.0 Å². The highest BCUT2D eigenvalue weighted by molar-refractivity contribution is 5.81. The second kappa shape index (κ2) is 8.48. The van der Waals surface area contributed by atoms with Crippen LogP contribution in [0.25, 0.3) is 11.1 Å². The lowest BCUT2D eigenvalue weighted by atomic mass is 9.75. The van der Waals surface area contributed by atoms with Gasteiger partial charge in [-0.2, -0.15) is 5.26 Å². The van der Waals surface area contributed by atoms with E-state index in [9.17, 15) is 19.6 Å². The average molecular weight is 400 g/mol. The summed E-state index contributed by atoms with van der Waals surface area (Å²) in [6.45, 7) is -0.224. The predicted molar refractivity (Wildman–Crippen MR) is 112 cm³/mol. The number of carbonyl (C=O) groups is 1. The first-order chi connectivity index (χ1) is 14.6. The number of nitrogens with zero attached hydrogens (tertiary/aromatic N) is 2. The molecule has 1 aliphatic rings. The number of carbonyl (C=O) groups excluding carboxylic acids is 1. The Morgan fingerprint density at radius 2 is 1.67 bits per heavy atom. The molecule has 4 nitrogen and oxygen atoms in total. The first kappa shape index (κ1) is 19.8. The van der Waals surface area contributed by atoms with Gasteiger partial charge in [0.15, 0.2) is 0 Å². The van der Waals surface area contributed by atoms with Gasteiger partial charge in [-0.25, -0.2) is 4.39 Å². The van der Waals surface area contributed by atoms with E-state index in [1.54, 1.807) is 18.2 Å². The first-order valence-electron chi connectivity index (χ1n) is 9.84. The zero-order valence-electron chi connectivity index (χ0n) is 16.3. The molecule has 0 bridgehead atoms. The van der Waals surface area contributed by atoms with Gasteiger partial charge in [-0.3, -0.25) is 4.79 Å². The Morgan fingerprint density at radius 3 is 2.30 bits per heavy atom. The zero-order chi connectivity index (χ0) is 21.1. The molecule has 1 aliphatic heterocycles. The Kier molecular flexibility index (Phi) is 5.60. The smallest absolute Gasteiger partial charge is 0.228 e. The van der Waals surface area contributed by atoms with Crippen molar-refractivity contribution in [3.63, 3.8) is 0 Å². The Hall–Kier alpha value is -3.49. The van der Waals surface area contributed by atoms with Crippen LogP contribution in [0, 0.1) is 17.1 Å². The van der Waals surface area contributed by atoms with Gasteiger partial charge in [0, 0.05) is 11.5 Å². The fraction of sp³-hybridized carbons (Fsp3) is 0.200. The number of hydrogen-bond donors (Lipinski definition) is 1. The van der Waals surface area contributed by atoms with Gasteiger partial charge in [-0.1, -0.05) is 72.8 Å². The van der Waals surface area contributed by atoms with Crippen LogP contribution in [0.15, 0.2) is 78.9 Å². The molecule has 3 atom stereocenters. The zero-order valence-corrected chi connectivity index (χ0v) is 16.3. The van der Waals surface area contributed by atoms with Crippen molar-refractivity contribution in [3.8, 4) is 17.2 Å². The molecule has 1 fully saturated rings. The van der Waals surface area contributed by atoms with Crippen molar-refractivity contribution in [2.24, 2.45) is 0 Å². The van der Waals surface area contributed by atoms with Crippen molar-refractivity contribution in [1.82, 2.24) is 4.90 Å². The van der Waals surface area contributed by atoms with Crippen molar-refractivity contribution in [2.75, 3.05) is 6.61 Å². The van der Waals surface area contributed by atoms with Crippen LogP contribution < -0.4 is 0 Å². The highest BCUT2D eigenvalue weighted by atomic mass is 19.1. The van der Waals surface area contributed by atoms with E-state index in [-0.39, 0.29) is 30.7 Å². The maximum Gasteiger partial charge on any atom is 0.228 e. The van der Waals surface area contributed by atoms with Crippen LogP contribution in [0.3, 0.4) is 0 Å². The molecule has 30 heavy (non-hydrogen) atoms. The maximum atomic E-state index is 14.0. The number of likely N-dealkylation sites (tertiary alicyclic amines) is 1. The van der Waals surface area contributed by atoms with Crippen molar-refractivity contribution >= 4 is 5.91 Å². The van der Waals surface area contributed by atoms with Gasteiger partial charge in [0.2, 0.25) is 5.91 Å². The van der Waals surface area contributed by atoms with Crippen LogP contribution in [0.2, 0.25) is 0 Å². The van der Waals surface area contributed by atoms with Gasteiger partial charge in [0.1, 0.15) is 11.9 Å². The number of aliphatic hydroxyl groups excluding tert-OH is 1. The van der Waals surface area contributed by atoms with E-state index in [4.69, 9.17) is 0 Å². The minimum absolute atomic E-state index is 0.175. The third kappa shape index (κ3) is 3.58. The van der Waals surface area contributed by atoms with E-state index < -0.39 is 12.1 Å². The van der Waals surface area contributed by atoms with E-state index in [1.807, 2.05) is 54.6 Å². The SMILES string of the molecule is N#C[C@H]1[C@@H](c2ccc(-c3ccccc3F)cc2)[C@H](CO)N1C(=O)Cc1ccccc1. The summed E-state index contributed by atoms with van der Waals surface area (Å²) >= 11 is 0. The number of rotatable bonds is 5. The van der Waals surface area contributed by atoms with Crippen molar-refractivity contribution < 1.29 is 14.3 Å². The van der Waals surface area contributed by atoms with Gasteiger partial charge in [-0.15, -0.1) is 0 Å². The van der Waals surface area contributed by atoms with Gasteiger partial charge >= 0.3 is 0 Å². The lowest BCUT2D eigenvalue weighted by molar-refractivity contribution is -0.146. The van der Waals surface area contributed by atoms with E-state index in [2.05, 4.69) is 6.07 Å². The Balaban J connectivity index is 1.55. The molecule has 1 N–H and O–H groups in total. The number of aliphatic hydroxyl groups is 1. The fourth-order valence-corrected chi connectivity index (χ4v) is 4.19. The van der Waals surface area contributed by atoms with Crippen molar-refractivity contribution in [1.29, 1.82) is 5.26 Å². The monoisotopic (exact) mass is 400 g/mol. The molecule has 3 aromatic carbocycles. The summed E-state index contributed by atoms with van der Waals surface area (Å²) in [6, 6.07) is 24.3. The molecular formula is C25H21FN2O2. The number of nitriles is 1. The van der Waals surface area contributed by atoms with E-state index in [1.165, 1.54) is 11.0 Å². The maximum absolute atomic E-state index is 14.0. The fourth-order valence-electron chi connectivity index (χ4n) is 4.19. The topological polar surface area (TPSA) is 64.3 Å². The Morgan fingerprint density at radius 1 is 1.00 bits per heavy atom. The van der Waals surface area contributed by atoms with Crippen LogP contribution >= 0.6 is 0 Å². The lowest BCUT2D eigenvalue weighted by Crippen LogP contribution is -2.65. The first-order valence-corrected chi connectivity index (χ1v) is 9.84. The molecule has 0 aromatic heterocycles. The summed E-state index contributed by atoms with van der Waals surface area (Å²) in [5.74, 6) is -0.755. The molecule has 0 spiro atoms. The average Bonchev–Trinajstić information content (AvgIpc) is 2.75. The molecule has 0 radical (unpaired) electrons. The molecule has 0 aliphatic carbocycles. The van der Waals surface area contributed by atoms with Crippen LogP contribution in [0.5, 0.6) is 0 Å². The number of amides is 1. The minimum atomic E-state index is -0.641. The van der Waals surface area contributed by atoms with Gasteiger partial charge in [0.05, 0.1) is 25.1 Å². The second-order valence-corrected chi connectivity index (χ2v) is 7.41. The van der Waals surface area contributed by atoms with Gasteiger partial charge < -0.3 is 10.0 Å². The van der Waals surface area contributed by atoms with E-state index in [0.29, 0.717) is 5.56 Å². The lowest BCUT2D eigenvalue weighted by Gasteiger charge is -2.51. The largest absolute Gasteiger partial charge is 0.394 e. The van der Waals surface area contributed by atoms with Crippen LogP contribution in [-0.4, -0.2) is 34.6 Å². The molecule has 0 unspecified atom stereocenters. The van der Waals surface area contributed by atoms with Crippen molar-refractivity contribution in [2.45, 2.75) is 24.4 Å². The highest BCUT2D eigenvalue weighted by Crippen LogP contribution is 2.41. The standard InChI is InChI=1S/C25H21FN2O2/c26-21-9-5-4-8-20(21)18-10-12-19(13-11-18)25-22(15-27)28(23(25)16-29)24(30)14-17-6-2-1-3-7-17/h1-13,22-23,25,29H,14,16H2/t22-,23-,25+/m0/s1. The molecule has 4 rings (SSSR count). The molecule has 1 heterocycles. The third-order valence-corrected chi connectivity index (χ3v) is 5.70. The van der Waals surface area contributed by atoms with Crippen LogP contribution in [0.4, 0.5) is 4.39 Å². The second-order valence-electron chi connectivity index (χ2n) is 7.41. The highest BCUT2D eigenvalue weighted by Gasteiger charge is 2.51. The summed E-state index contributed by atoms with van der Waals surface area (Å²) in [7, 11) is 0. The molecule has 0 saturated carbocycles. The number of halogens is 1. The molecule has 3 aromatic rings. The number of benzene rings is 3. The number of hydrogen-bond acceptors (Lipinski definition) is 3. The minimum Gasteiger partial charge on any atom is -0.394 e. The Labute approximate surface area is 174 Å². The Bertz CT molecular complexity index is 1080. The summed E-state index contributed by atoms with van der Waals surface area (Å²) in [4.78, 5) is 14.3. The van der Waals surface area contributed by atoms with Gasteiger partial charge in [0.25, 0.3) is 0 Å². The molecule has 1 amide bonds. The summed E-state index contributed by atoms with van der Waals surface area (Å²) in [6.07, 6.45) is 0.189. The molecule has 5 heteroatoms. The molecule has 150 valence electrons. The quantitative estimate of drug-likeness (QED) is 0.706. The van der Waals surface area contributed by atoms with E-state index in [0.717, 1.165) is 16.7 Å². The summed E-state index contributed by atoms with van der Waals surface area (Å²) in [5.41, 5.74) is 2.97. The predicted octanol–water partition coefficient (Wildman–Crippen LogP) is 3.91. The van der Waals surface area contributed by atoms with Crippen LogP contribution in [-0.2, 0) is 11.2 Å². The van der Waals surface area contributed by atoms with Gasteiger partial charge in [-0.05, 0) is 22.8 Å².